The van der Waals surface area contributed by atoms with Crippen molar-refractivity contribution in [3.05, 3.63) is 71.8 Å². The number of thiazole rings is 1. The van der Waals surface area contributed by atoms with Crippen LogP contribution in [0.4, 0.5) is 10.8 Å². The fraction of sp³-hybridized carbons (Fsp3) is 0.192. The van der Waals surface area contributed by atoms with E-state index >= 15 is 0 Å². The number of aryl methyl sites for hydroxylation is 1. The molecule has 0 saturated heterocycles. The van der Waals surface area contributed by atoms with E-state index in [1.807, 2.05) is 44.2 Å². The molecular weight excluding hydrogens is 482 g/mol. The number of nitrogens with zero attached hydrogens (tertiary/aromatic N) is 1. The molecule has 1 heterocycles. The molecule has 35 heavy (non-hydrogen) atoms. The molecule has 180 valence electrons. The van der Waals surface area contributed by atoms with E-state index in [4.69, 9.17) is 9.47 Å². The number of ether oxygens (including phenoxy) is 2. The molecule has 0 spiro atoms. The first-order valence-corrected chi connectivity index (χ1v) is 12.5. The van der Waals surface area contributed by atoms with Crippen molar-refractivity contribution < 1.29 is 19.1 Å². The molecule has 2 amide bonds. The number of hydrogen-bond donors (Lipinski definition) is 2. The Morgan fingerprint density at radius 3 is 2.40 bits per heavy atom. The van der Waals surface area contributed by atoms with Gasteiger partial charge in [-0.25, -0.2) is 4.98 Å². The number of amides is 2. The number of fused-ring (bicyclic) bond motifs is 1. The van der Waals surface area contributed by atoms with Crippen molar-refractivity contribution >= 4 is 55.9 Å². The first-order chi connectivity index (χ1) is 16.9. The van der Waals surface area contributed by atoms with Gasteiger partial charge in [0.05, 0.1) is 29.7 Å². The van der Waals surface area contributed by atoms with E-state index in [0.29, 0.717) is 27.9 Å². The number of benzene rings is 3. The predicted octanol–water partition coefficient (Wildman–Crippen LogP) is 5.99. The smallest absolute Gasteiger partial charge is 0.263 e. The van der Waals surface area contributed by atoms with E-state index in [1.165, 1.54) is 37.3 Å². The molecule has 0 fully saturated rings. The van der Waals surface area contributed by atoms with Gasteiger partial charge in [-0.2, -0.15) is 0 Å². The second-order valence-corrected chi connectivity index (χ2v) is 10.2. The van der Waals surface area contributed by atoms with Gasteiger partial charge in [0.2, 0.25) is 5.91 Å². The Kier molecular flexibility index (Phi) is 7.57. The van der Waals surface area contributed by atoms with Gasteiger partial charge in [0.1, 0.15) is 17.1 Å². The third-order valence-corrected chi connectivity index (χ3v) is 7.23. The molecule has 0 aliphatic rings. The summed E-state index contributed by atoms with van der Waals surface area (Å²) >= 11 is 2.85. The summed E-state index contributed by atoms with van der Waals surface area (Å²) in [6.07, 6.45) is 0. The minimum atomic E-state index is -0.371. The van der Waals surface area contributed by atoms with Crippen LogP contribution in [0.25, 0.3) is 10.2 Å². The molecule has 1 unspecified atom stereocenters. The molecule has 2 N–H and O–H groups in total. The van der Waals surface area contributed by atoms with Crippen LogP contribution in [0.3, 0.4) is 0 Å². The van der Waals surface area contributed by atoms with Crippen molar-refractivity contribution in [2.75, 3.05) is 24.9 Å². The van der Waals surface area contributed by atoms with Crippen molar-refractivity contribution in [1.82, 2.24) is 4.98 Å². The number of carbonyl (C=O) groups excluding carboxylic acids is 2. The minimum absolute atomic E-state index is 0.140. The molecule has 0 saturated carbocycles. The topological polar surface area (TPSA) is 89.5 Å². The minimum Gasteiger partial charge on any atom is -0.496 e. The Morgan fingerprint density at radius 1 is 0.971 bits per heavy atom. The maximum absolute atomic E-state index is 13.0. The number of thioether (sulfide) groups is 1. The number of methoxy groups -OCH3 is 2. The quantitative estimate of drug-likeness (QED) is 0.285. The number of rotatable bonds is 8. The van der Waals surface area contributed by atoms with Crippen molar-refractivity contribution in [2.45, 2.75) is 24.0 Å². The van der Waals surface area contributed by atoms with E-state index in [9.17, 15) is 9.59 Å². The van der Waals surface area contributed by atoms with Crippen molar-refractivity contribution in [1.29, 1.82) is 0 Å². The lowest BCUT2D eigenvalue weighted by Gasteiger charge is -2.14. The monoisotopic (exact) mass is 507 g/mol. The van der Waals surface area contributed by atoms with Gasteiger partial charge in [-0.1, -0.05) is 29.5 Å². The number of carbonyl (C=O) groups is 2. The zero-order chi connectivity index (χ0) is 24.9. The Hall–Kier alpha value is -3.56. The largest absolute Gasteiger partial charge is 0.496 e. The van der Waals surface area contributed by atoms with Crippen LogP contribution in [0.1, 0.15) is 22.8 Å². The van der Waals surface area contributed by atoms with E-state index in [2.05, 4.69) is 21.7 Å². The number of hydrogen-bond acceptors (Lipinski definition) is 7. The van der Waals surface area contributed by atoms with Crippen molar-refractivity contribution in [3.63, 3.8) is 0 Å². The second kappa shape index (κ2) is 10.8. The van der Waals surface area contributed by atoms with Crippen LogP contribution in [0.15, 0.2) is 65.6 Å². The summed E-state index contributed by atoms with van der Waals surface area (Å²) in [5, 5.41) is 6.01. The van der Waals surface area contributed by atoms with E-state index in [-0.39, 0.29) is 17.1 Å². The molecule has 0 bridgehead atoms. The zero-order valence-electron chi connectivity index (χ0n) is 19.7. The maximum atomic E-state index is 13.0. The molecule has 1 aromatic heterocycles. The highest BCUT2D eigenvalue weighted by atomic mass is 32.2. The van der Waals surface area contributed by atoms with Gasteiger partial charge in [-0.15, -0.1) is 11.8 Å². The summed E-state index contributed by atoms with van der Waals surface area (Å²) in [6.45, 7) is 3.86. The second-order valence-electron chi connectivity index (χ2n) is 7.76. The number of aromatic nitrogens is 1. The van der Waals surface area contributed by atoms with Crippen LogP contribution in [-0.2, 0) is 4.79 Å². The van der Waals surface area contributed by atoms with Crippen LogP contribution in [0, 0.1) is 6.92 Å². The molecule has 1 atom stereocenters. The Bertz CT molecular complexity index is 1360. The molecule has 7 nitrogen and oxygen atoms in total. The lowest BCUT2D eigenvalue weighted by atomic mass is 10.1. The fourth-order valence-electron chi connectivity index (χ4n) is 3.47. The normalized spacial score (nSPS) is 11.7. The lowest BCUT2D eigenvalue weighted by molar-refractivity contribution is -0.115. The van der Waals surface area contributed by atoms with Gasteiger partial charge in [-0.05, 0) is 61.9 Å². The van der Waals surface area contributed by atoms with Crippen LogP contribution in [-0.4, -0.2) is 36.3 Å². The highest BCUT2D eigenvalue weighted by Crippen LogP contribution is 2.31. The van der Waals surface area contributed by atoms with E-state index < -0.39 is 0 Å². The summed E-state index contributed by atoms with van der Waals surface area (Å²) in [5.41, 5.74) is 2.93. The van der Waals surface area contributed by atoms with Gasteiger partial charge < -0.3 is 20.1 Å². The molecular formula is C26H25N3O4S2. The van der Waals surface area contributed by atoms with Crippen LogP contribution < -0.4 is 20.1 Å². The third kappa shape index (κ3) is 5.75. The Labute approximate surface area is 211 Å². The number of anilines is 2. The first kappa shape index (κ1) is 24.6. The molecule has 3 aromatic carbocycles. The zero-order valence-corrected chi connectivity index (χ0v) is 21.4. The summed E-state index contributed by atoms with van der Waals surface area (Å²) in [7, 11) is 3.01. The molecule has 0 aliphatic carbocycles. The maximum Gasteiger partial charge on any atom is 0.263 e. The average Bonchev–Trinajstić information content (AvgIpc) is 3.24. The predicted molar refractivity (Wildman–Crippen MR) is 142 cm³/mol. The van der Waals surface area contributed by atoms with Gasteiger partial charge in [0, 0.05) is 10.6 Å². The molecule has 0 radical (unpaired) electrons. The SMILES string of the molecule is COc1cccc(OC)c1C(=O)Nc1cccc(SC(C)C(=O)Nc2nc3ccc(C)cc3s2)c1. The summed E-state index contributed by atoms with van der Waals surface area (Å²) in [6, 6.07) is 18.5. The number of nitrogens with one attached hydrogen (secondary N) is 2. The van der Waals surface area contributed by atoms with Gasteiger partial charge in [-0.3, -0.25) is 9.59 Å². The molecule has 4 rings (SSSR count). The van der Waals surface area contributed by atoms with Gasteiger partial charge in [0.25, 0.3) is 5.91 Å². The Morgan fingerprint density at radius 2 is 1.69 bits per heavy atom. The van der Waals surface area contributed by atoms with Crippen LogP contribution in [0.2, 0.25) is 0 Å². The van der Waals surface area contributed by atoms with E-state index in [1.54, 1.807) is 24.3 Å². The van der Waals surface area contributed by atoms with Gasteiger partial charge in [0.15, 0.2) is 5.13 Å². The first-order valence-electron chi connectivity index (χ1n) is 10.8. The highest BCUT2D eigenvalue weighted by Gasteiger charge is 2.20. The molecule has 4 aromatic rings. The lowest BCUT2D eigenvalue weighted by Crippen LogP contribution is -2.22. The van der Waals surface area contributed by atoms with Crippen molar-refractivity contribution in [2.24, 2.45) is 0 Å². The summed E-state index contributed by atoms with van der Waals surface area (Å²) < 4.78 is 11.7. The van der Waals surface area contributed by atoms with Crippen LogP contribution >= 0.6 is 23.1 Å². The average molecular weight is 508 g/mol. The summed E-state index contributed by atoms with van der Waals surface area (Å²) in [5.74, 6) is 0.350. The highest BCUT2D eigenvalue weighted by molar-refractivity contribution is 8.00. The molecule has 0 aliphatic heterocycles. The van der Waals surface area contributed by atoms with Crippen molar-refractivity contribution in [3.8, 4) is 11.5 Å². The third-order valence-electron chi connectivity index (χ3n) is 5.20. The fourth-order valence-corrected chi connectivity index (χ4v) is 5.36. The van der Waals surface area contributed by atoms with E-state index in [0.717, 1.165) is 20.7 Å². The van der Waals surface area contributed by atoms with Gasteiger partial charge >= 0.3 is 0 Å². The Balaban J connectivity index is 1.43. The van der Waals surface area contributed by atoms with Crippen LogP contribution in [0.5, 0.6) is 11.5 Å². The molecule has 9 heteroatoms. The standard InChI is InChI=1S/C26H25N3O4S2/c1-15-11-12-19-22(13-15)35-26(28-19)29-24(30)16(2)34-18-8-5-7-17(14-18)27-25(31)23-20(32-3)9-6-10-21(23)33-4/h5-14,16H,1-4H3,(H,27,31)(H,28,29,30). The summed E-state index contributed by atoms with van der Waals surface area (Å²) in [4.78, 5) is 31.1.